The Morgan fingerprint density at radius 2 is 2.07 bits per heavy atom. The van der Waals surface area contributed by atoms with Crippen molar-refractivity contribution < 1.29 is 4.79 Å². The maximum Gasteiger partial charge on any atom is 0.205 e. The van der Waals surface area contributed by atoms with E-state index in [1.165, 1.54) is 11.3 Å². The van der Waals surface area contributed by atoms with E-state index >= 15 is 0 Å². The first-order valence-electron chi connectivity index (χ1n) is 4.69. The van der Waals surface area contributed by atoms with Crippen LogP contribution in [0, 0.1) is 13.8 Å². The van der Waals surface area contributed by atoms with E-state index in [9.17, 15) is 4.79 Å². The van der Waals surface area contributed by atoms with Gasteiger partial charge in [0.2, 0.25) is 5.78 Å². The van der Waals surface area contributed by atoms with Gasteiger partial charge >= 0.3 is 0 Å². The van der Waals surface area contributed by atoms with Gasteiger partial charge in [-0.25, -0.2) is 0 Å². The lowest BCUT2D eigenvalue weighted by Gasteiger charge is -2.02. The standard InChI is InChI=1S/C12H11NOS/c1-8-3-5-13-7-10(8)11(14)12-9(2)4-6-15-12/h3-7H,1-2H3. The van der Waals surface area contributed by atoms with Crippen LogP contribution in [0.4, 0.5) is 0 Å². The minimum atomic E-state index is 0.0769. The molecular formula is C12H11NOS. The second kappa shape index (κ2) is 3.95. The molecule has 0 saturated heterocycles. The van der Waals surface area contributed by atoms with Crippen molar-refractivity contribution in [3.05, 3.63) is 51.5 Å². The Hall–Kier alpha value is -1.48. The summed E-state index contributed by atoms with van der Waals surface area (Å²) < 4.78 is 0. The van der Waals surface area contributed by atoms with Crippen LogP contribution < -0.4 is 0 Å². The van der Waals surface area contributed by atoms with Gasteiger partial charge in [-0.2, -0.15) is 0 Å². The van der Waals surface area contributed by atoms with Gasteiger partial charge in [0.05, 0.1) is 4.88 Å². The molecule has 2 aromatic heterocycles. The van der Waals surface area contributed by atoms with Gasteiger partial charge in [0, 0.05) is 18.0 Å². The third-order valence-electron chi connectivity index (χ3n) is 2.35. The first-order valence-corrected chi connectivity index (χ1v) is 5.57. The van der Waals surface area contributed by atoms with Crippen LogP contribution in [0.25, 0.3) is 0 Å². The molecule has 0 radical (unpaired) electrons. The number of aryl methyl sites for hydroxylation is 2. The summed E-state index contributed by atoms with van der Waals surface area (Å²) in [6.07, 6.45) is 3.34. The largest absolute Gasteiger partial charge is 0.288 e. The maximum atomic E-state index is 12.1. The fraction of sp³-hybridized carbons (Fsp3) is 0.167. The van der Waals surface area contributed by atoms with E-state index in [-0.39, 0.29) is 5.78 Å². The number of thiophene rings is 1. The third kappa shape index (κ3) is 1.83. The molecule has 2 aromatic rings. The Kier molecular flexibility index (Phi) is 2.64. The molecule has 0 aliphatic rings. The molecule has 15 heavy (non-hydrogen) atoms. The highest BCUT2D eigenvalue weighted by molar-refractivity contribution is 7.12. The second-order valence-electron chi connectivity index (χ2n) is 3.45. The highest BCUT2D eigenvalue weighted by Gasteiger charge is 2.14. The molecule has 0 aliphatic carbocycles. The number of hydrogen-bond donors (Lipinski definition) is 0. The van der Waals surface area contributed by atoms with Crippen molar-refractivity contribution in [2.45, 2.75) is 13.8 Å². The fourth-order valence-electron chi connectivity index (χ4n) is 1.43. The number of rotatable bonds is 2. The van der Waals surface area contributed by atoms with Crippen LogP contribution in [-0.4, -0.2) is 10.8 Å². The van der Waals surface area contributed by atoms with Crippen LogP contribution in [-0.2, 0) is 0 Å². The summed E-state index contributed by atoms with van der Waals surface area (Å²) in [7, 11) is 0. The Bertz CT molecular complexity index is 502. The first-order chi connectivity index (χ1) is 7.20. The van der Waals surface area contributed by atoms with Crippen molar-refractivity contribution in [3.63, 3.8) is 0 Å². The molecule has 2 rings (SSSR count). The predicted molar refractivity (Wildman–Crippen MR) is 61.5 cm³/mol. The molecule has 2 heterocycles. The molecular weight excluding hydrogens is 206 g/mol. The van der Waals surface area contributed by atoms with Crippen LogP contribution in [0.5, 0.6) is 0 Å². The van der Waals surface area contributed by atoms with Crippen LogP contribution >= 0.6 is 11.3 Å². The molecule has 0 spiro atoms. The predicted octanol–water partition coefficient (Wildman–Crippen LogP) is 2.99. The number of ketones is 1. The zero-order chi connectivity index (χ0) is 10.8. The lowest BCUT2D eigenvalue weighted by molar-refractivity contribution is 0.104. The van der Waals surface area contributed by atoms with E-state index in [1.54, 1.807) is 12.4 Å². The zero-order valence-electron chi connectivity index (χ0n) is 8.65. The first kappa shape index (κ1) is 10.1. The van der Waals surface area contributed by atoms with Crippen molar-refractivity contribution in [1.29, 1.82) is 0 Å². The van der Waals surface area contributed by atoms with Crippen molar-refractivity contribution in [2.75, 3.05) is 0 Å². The number of hydrogen-bond acceptors (Lipinski definition) is 3. The number of pyridine rings is 1. The summed E-state index contributed by atoms with van der Waals surface area (Å²) in [5.41, 5.74) is 2.71. The van der Waals surface area contributed by atoms with E-state index in [0.29, 0.717) is 5.56 Å². The molecule has 0 saturated carbocycles. The number of carbonyl (C=O) groups excluding carboxylic acids is 1. The molecule has 0 atom stereocenters. The summed E-state index contributed by atoms with van der Waals surface area (Å²) in [5.74, 6) is 0.0769. The third-order valence-corrected chi connectivity index (χ3v) is 3.37. The zero-order valence-corrected chi connectivity index (χ0v) is 9.47. The van der Waals surface area contributed by atoms with Gasteiger partial charge in [-0.3, -0.25) is 9.78 Å². The summed E-state index contributed by atoms with van der Waals surface area (Å²) in [4.78, 5) is 16.9. The smallest absolute Gasteiger partial charge is 0.205 e. The molecule has 0 bridgehead atoms. The van der Waals surface area contributed by atoms with Crippen LogP contribution in [0.15, 0.2) is 29.9 Å². The molecule has 0 amide bonds. The molecule has 76 valence electrons. The Labute approximate surface area is 92.6 Å². The van der Waals surface area contributed by atoms with E-state index < -0.39 is 0 Å². The van der Waals surface area contributed by atoms with Crippen molar-refractivity contribution in [3.8, 4) is 0 Å². The van der Waals surface area contributed by atoms with Crippen LogP contribution in [0.1, 0.15) is 26.4 Å². The van der Waals surface area contributed by atoms with Gasteiger partial charge in [-0.1, -0.05) is 0 Å². The molecule has 0 unspecified atom stereocenters. The average molecular weight is 217 g/mol. The minimum absolute atomic E-state index is 0.0769. The molecule has 0 N–H and O–H groups in total. The monoisotopic (exact) mass is 217 g/mol. The molecule has 0 aromatic carbocycles. The summed E-state index contributed by atoms with van der Waals surface area (Å²) in [6.45, 7) is 3.88. The molecule has 3 heteroatoms. The maximum absolute atomic E-state index is 12.1. The quantitative estimate of drug-likeness (QED) is 0.724. The van der Waals surface area contributed by atoms with Crippen molar-refractivity contribution >= 4 is 17.1 Å². The highest BCUT2D eigenvalue weighted by atomic mass is 32.1. The van der Waals surface area contributed by atoms with Crippen LogP contribution in [0.2, 0.25) is 0 Å². The molecule has 2 nitrogen and oxygen atoms in total. The van der Waals surface area contributed by atoms with Gasteiger partial charge in [0.1, 0.15) is 0 Å². The van der Waals surface area contributed by atoms with E-state index in [2.05, 4.69) is 4.98 Å². The summed E-state index contributed by atoms with van der Waals surface area (Å²) >= 11 is 1.48. The van der Waals surface area contributed by atoms with E-state index in [4.69, 9.17) is 0 Å². The van der Waals surface area contributed by atoms with Gasteiger partial charge in [0.25, 0.3) is 0 Å². The average Bonchev–Trinajstić information content (AvgIpc) is 2.64. The Morgan fingerprint density at radius 3 is 2.67 bits per heavy atom. The van der Waals surface area contributed by atoms with Gasteiger partial charge < -0.3 is 0 Å². The van der Waals surface area contributed by atoms with Gasteiger partial charge in [0.15, 0.2) is 0 Å². The minimum Gasteiger partial charge on any atom is -0.288 e. The van der Waals surface area contributed by atoms with Crippen molar-refractivity contribution in [2.24, 2.45) is 0 Å². The fourth-order valence-corrected chi connectivity index (χ4v) is 2.31. The van der Waals surface area contributed by atoms with Gasteiger partial charge in [-0.15, -0.1) is 11.3 Å². The highest BCUT2D eigenvalue weighted by Crippen LogP contribution is 2.20. The summed E-state index contributed by atoms with van der Waals surface area (Å²) in [5, 5.41) is 1.94. The lowest BCUT2D eigenvalue weighted by atomic mass is 10.1. The topological polar surface area (TPSA) is 30.0 Å². The Morgan fingerprint density at radius 1 is 1.27 bits per heavy atom. The van der Waals surface area contributed by atoms with Gasteiger partial charge in [-0.05, 0) is 42.5 Å². The normalized spacial score (nSPS) is 10.3. The second-order valence-corrected chi connectivity index (χ2v) is 4.37. The SMILES string of the molecule is Cc1ccncc1C(=O)c1sccc1C. The lowest BCUT2D eigenvalue weighted by Crippen LogP contribution is -2.03. The molecule has 0 aliphatic heterocycles. The summed E-state index contributed by atoms with van der Waals surface area (Å²) in [6, 6.07) is 3.82. The number of carbonyl (C=O) groups is 1. The van der Waals surface area contributed by atoms with E-state index in [1.807, 2.05) is 31.4 Å². The number of nitrogens with zero attached hydrogens (tertiary/aromatic N) is 1. The van der Waals surface area contributed by atoms with Crippen LogP contribution in [0.3, 0.4) is 0 Å². The number of aromatic nitrogens is 1. The van der Waals surface area contributed by atoms with E-state index in [0.717, 1.165) is 16.0 Å². The molecule has 0 fully saturated rings. The Balaban J connectivity index is 2.46. The van der Waals surface area contributed by atoms with Crippen molar-refractivity contribution in [1.82, 2.24) is 4.98 Å².